The molecule has 2 aromatic carbocycles. The molecule has 2 N–H and O–H groups in total. The minimum atomic E-state index is -1.55. The number of aliphatic hydroxyl groups is 2. The molecule has 2 amide bonds. The number of para-hydroxylation sites is 2. The van der Waals surface area contributed by atoms with Gasteiger partial charge in [0.15, 0.2) is 11.3 Å². The first-order valence-corrected chi connectivity index (χ1v) is 14.7. The molecule has 5 heterocycles. The number of piperazine rings is 1. The van der Waals surface area contributed by atoms with Crippen LogP contribution in [0.3, 0.4) is 0 Å². The number of fused-ring (bicyclic) bond motifs is 10. The van der Waals surface area contributed by atoms with Crippen LogP contribution < -0.4 is 9.80 Å². The summed E-state index contributed by atoms with van der Waals surface area (Å²) in [7, 11) is 3.77. The predicted molar refractivity (Wildman–Crippen MR) is 161 cm³/mol. The van der Waals surface area contributed by atoms with Crippen molar-refractivity contribution in [3.8, 4) is 0 Å². The van der Waals surface area contributed by atoms with Gasteiger partial charge >= 0.3 is 0 Å². The summed E-state index contributed by atoms with van der Waals surface area (Å²) in [6, 6.07) is 13.4. The molecule has 5 aliphatic rings. The van der Waals surface area contributed by atoms with Crippen LogP contribution in [0.15, 0.2) is 73.8 Å². The molecule has 0 bridgehead atoms. The SMILES string of the molecule is C=CC(C)(C)[C@@]12N(C)c3ccccc3[C@]1(O)C[C@H]1C(=O)N3[C@@H](C[C@]4(O)c5ccccc5N(C)[C@]34C(C)(C)C=C)C(=O)N12. The third-order valence-electron chi connectivity index (χ3n) is 11.7. The van der Waals surface area contributed by atoms with Crippen molar-refractivity contribution < 1.29 is 19.8 Å². The highest BCUT2D eigenvalue weighted by atomic mass is 16.3. The minimum absolute atomic E-state index is 0.0269. The van der Waals surface area contributed by atoms with E-state index in [0.29, 0.717) is 11.1 Å². The van der Waals surface area contributed by atoms with Crippen molar-refractivity contribution in [3.05, 3.63) is 85.0 Å². The Bertz CT molecular complexity index is 1480. The van der Waals surface area contributed by atoms with Gasteiger partial charge in [-0.2, -0.15) is 0 Å². The van der Waals surface area contributed by atoms with Gasteiger partial charge in [-0.25, -0.2) is 0 Å². The molecule has 3 fully saturated rings. The summed E-state index contributed by atoms with van der Waals surface area (Å²) in [5.41, 5.74) is -4.39. The maximum atomic E-state index is 15.1. The molecule has 3 saturated heterocycles. The van der Waals surface area contributed by atoms with Gasteiger partial charge in [0, 0.05) is 60.3 Å². The lowest BCUT2D eigenvalue weighted by Crippen LogP contribution is -2.79. The first-order valence-electron chi connectivity index (χ1n) is 14.7. The van der Waals surface area contributed by atoms with Crippen molar-refractivity contribution in [2.24, 2.45) is 10.8 Å². The van der Waals surface area contributed by atoms with Crippen LogP contribution in [0.1, 0.15) is 51.7 Å². The van der Waals surface area contributed by atoms with E-state index in [0.717, 1.165) is 11.4 Å². The highest BCUT2D eigenvalue weighted by Crippen LogP contribution is 2.70. The fraction of sp³-hybridized carbons (Fsp3) is 0.471. The predicted octanol–water partition coefficient (Wildman–Crippen LogP) is 3.69. The molecule has 8 nitrogen and oxygen atoms in total. The summed E-state index contributed by atoms with van der Waals surface area (Å²) in [5, 5.41) is 25.7. The lowest BCUT2D eigenvalue weighted by molar-refractivity contribution is -0.182. The smallest absolute Gasteiger partial charge is 0.248 e. The van der Waals surface area contributed by atoms with Crippen LogP contribution in [0.4, 0.5) is 11.4 Å². The summed E-state index contributed by atoms with van der Waals surface area (Å²) < 4.78 is 0. The average Bonchev–Trinajstić information content (AvgIpc) is 3.57. The molecular weight excluding hydrogens is 528 g/mol. The fourth-order valence-corrected chi connectivity index (χ4v) is 10.1. The van der Waals surface area contributed by atoms with E-state index in [1.165, 1.54) is 0 Å². The summed E-state index contributed by atoms with van der Waals surface area (Å²) in [6.45, 7) is 16.1. The molecule has 0 saturated carbocycles. The summed E-state index contributed by atoms with van der Waals surface area (Å²) in [6.07, 6.45) is 3.60. The maximum absolute atomic E-state index is 15.1. The Morgan fingerprint density at radius 1 is 0.714 bits per heavy atom. The Balaban J connectivity index is 1.50. The van der Waals surface area contributed by atoms with Crippen molar-refractivity contribution in [2.45, 2.75) is 75.1 Å². The Kier molecular flexibility index (Phi) is 4.96. The van der Waals surface area contributed by atoms with Crippen LogP contribution in [0, 0.1) is 10.8 Å². The second kappa shape index (κ2) is 7.66. The molecule has 2 aromatic rings. The van der Waals surface area contributed by atoms with Crippen molar-refractivity contribution in [1.29, 1.82) is 0 Å². The molecule has 0 spiro atoms. The second-order valence-corrected chi connectivity index (χ2v) is 13.9. The first kappa shape index (κ1) is 27.2. The van der Waals surface area contributed by atoms with E-state index in [1.54, 1.807) is 22.0 Å². The third-order valence-corrected chi connectivity index (χ3v) is 11.7. The number of benzene rings is 2. The van der Waals surface area contributed by atoms with Crippen LogP contribution in [0.5, 0.6) is 0 Å². The van der Waals surface area contributed by atoms with Gasteiger partial charge < -0.3 is 29.8 Å². The Labute approximate surface area is 247 Å². The molecule has 0 unspecified atom stereocenters. The van der Waals surface area contributed by atoms with Crippen LogP contribution in [0.25, 0.3) is 0 Å². The van der Waals surface area contributed by atoms with Crippen LogP contribution >= 0.6 is 0 Å². The lowest BCUT2D eigenvalue weighted by atomic mass is 9.67. The number of rotatable bonds is 4. The number of carbonyl (C=O) groups excluding carboxylic acids is 2. The number of carbonyl (C=O) groups is 2. The minimum Gasteiger partial charge on any atom is -0.380 e. The second-order valence-electron chi connectivity index (χ2n) is 13.9. The lowest BCUT2D eigenvalue weighted by Gasteiger charge is -2.60. The quantitative estimate of drug-likeness (QED) is 0.548. The van der Waals surface area contributed by atoms with E-state index in [-0.39, 0.29) is 24.7 Å². The van der Waals surface area contributed by atoms with Gasteiger partial charge in [0.1, 0.15) is 23.3 Å². The monoisotopic (exact) mass is 568 g/mol. The van der Waals surface area contributed by atoms with E-state index < -0.39 is 45.4 Å². The van der Waals surface area contributed by atoms with Crippen LogP contribution in [0.2, 0.25) is 0 Å². The van der Waals surface area contributed by atoms with Gasteiger partial charge in [-0.3, -0.25) is 9.59 Å². The molecule has 6 atom stereocenters. The third kappa shape index (κ3) is 2.38. The van der Waals surface area contributed by atoms with Gasteiger partial charge in [0.05, 0.1) is 0 Å². The van der Waals surface area contributed by atoms with Crippen molar-refractivity contribution in [2.75, 3.05) is 23.9 Å². The zero-order chi connectivity index (χ0) is 30.4. The van der Waals surface area contributed by atoms with Gasteiger partial charge in [0.2, 0.25) is 11.8 Å². The van der Waals surface area contributed by atoms with E-state index >= 15 is 9.59 Å². The number of hydrogen-bond donors (Lipinski definition) is 2. The topological polar surface area (TPSA) is 87.6 Å². The van der Waals surface area contributed by atoms with E-state index in [1.807, 2.05) is 100 Å². The molecule has 0 radical (unpaired) electrons. The number of hydrogen-bond acceptors (Lipinski definition) is 6. The standard InChI is InChI=1S/C34H40N4O4/c1-9-29(3,4)33-31(41,21-15-11-13-17-23(21)35(33)7)19-25-28(40)38-26(27(39)37(25)33)20-32(42)22-16-12-14-18-24(22)36(8)34(32,38)30(5,6)10-2/h9-18,25-26,41-42H,1-2,19-20H2,3-8H3/t25-,26-,31-,32+,33+,34-/m0/s1. The Hall–Kier alpha value is -3.62. The zero-order valence-electron chi connectivity index (χ0n) is 25.3. The Morgan fingerprint density at radius 2 is 1.05 bits per heavy atom. The first-order chi connectivity index (χ1) is 19.7. The Morgan fingerprint density at radius 3 is 1.38 bits per heavy atom. The van der Waals surface area contributed by atoms with Gasteiger partial charge in [0.25, 0.3) is 0 Å². The van der Waals surface area contributed by atoms with Gasteiger partial charge in [-0.05, 0) is 12.1 Å². The van der Waals surface area contributed by atoms with E-state index in [9.17, 15) is 10.2 Å². The summed E-state index contributed by atoms with van der Waals surface area (Å²) in [5.74, 6) is -0.559. The normalized spacial score (nSPS) is 36.4. The highest BCUT2D eigenvalue weighted by molar-refractivity contribution is 6.02. The zero-order valence-corrected chi connectivity index (χ0v) is 25.3. The van der Waals surface area contributed by atoms with Crippen molar-refractivity contribution >= 4 is 23.2 Å². The molecule has 42 heavy (non-hydrogen) atoms. The molecule has 8 heteroatoms. The van der Waals surface area contributed by atoms with Crippen molar-refractivity contribution in [1.82, 2.24) is 9.80 Å². The van der Waals surface area contributed by atoms with Gasteiger partial charge in [-0.15, -0.1) is 13.2 Å². The van der Waals surface area contributed by atoms with Crippen LogP contribution in [-0.2, 0) is 20.8 Å². The van der Waals surface area contributed by atoms with E-state index in [4.69, 9.17) is 0 Å². The number of anilines is 2. The number of nitrogens with zero attached hydrogens (tertiary/aromatic N) is 4. The average molecular weight is 569 g/mol. The molecule has 5 aliphatic heterocycles. The fourth-order valence-electron chi connectivity index (χ4n) is 10.1. The molecule has 7 rings (SSSR count). The molecular formula is C34H40N4O4. The molecule has 220 valence electrons. The van der Waals surface area contributed by atoms with Crippen LogP contribution in [-0.4, -0.2) is 69.3 Å². The molecule has 0 aliphatic carbocycles. The number of amides is 2. The maximum Gasteiger partial charge on any atom is 0.248 e. The summed E-state index contributed by atoms with van der Waals surface area (Å²) >= 11 is 0. The number of likely N-dealkylation sites (N-methyl/N-ethyl adjacent to an activating group) is 2. The highest BCUT2D eigenvalue weighted by Gasteiger charge is 2.83. The van der Waals surface area contributed by atoms with Crippen molar-refractivity contribution in [3.63, 3.8) is 0 Å². The summed E-state index contributed by atoms with van der Waals surface area (Å²) in [4.78, 5) is 37.5. The van der Waals surface area contributed by atoms with Gasteiger partial charge in [-0.1, -0.05) is 76.2 Å². The van der Waals surface area contributed by atoms with E-state index in [2.05, 4.69) is 13.2 Å². The largest absolute Gasteiger partial charge is 0.380 e. The molecule has 0 aromatic heterocycles.